The van der Waals surface area contributed by atoms with E-state index >= 15 is 0 Å². The Balaban J connectivity index is 1.46. The molecule has 0 spiro atoms. The van der Waals surface area contributed by atoms with E-state index in [4.69, 9.17) is 0 Å². The molecule has 1 fully saturated rings. The largest absolute Gasteiger partial charge is 0.507 e. The lowest BCUT2D eigenvalue weighted by molar-refractivity contribution is 0.0691. The molecule has 8 nitrogen and oxygen atoms in total. The summed E-state index contributed by atoms with van der Waals surface area (Å²) >= 11 is 0. The van der Waals surface area contributed by atoms with Gasteiger partial charge in [-0.25, -0.2) is 17.5 Å². The number of phenolic OH excluding ortho intramolecular Hbond substituents is 1. The molecule has 2 aromatic carbocycles. The van der Waals surface area contributed by atoms with Crippen molar-refractivity contribution >= 4 is 15.9 Å². The number of hydrogen-bond donors (Lipinski definition) is 1. The number of para-hydroxylation sites is 1. The number of carbonyl (C=O) groups is 1. The third-order valence-electron chi connectivity index (χ3n) is 5.17. The van der Waals surface area contributed by atoms with Gasteiger partial charge in [-0.2, -0.15) is 9.40 Å². The van der Waals surface area contributed by atoms with Gasteiger partial charge in [0.15, 0.2) is 5.69 Å². The third-order valence-corrected chi connectivity index (χ3v) is 7.09. The maximum atomic E-state index is 14.0. The quantitative estimate of drug-likeness (QED) is 0.666. The Morgan fingerprint density at radius 3 is 2.48 bits per heavy atom. The summed E-state index contributed by atoms with van der Waals surface area (Å²) in [6.45, 7) is 2.29. The number of aryl methyl sites for hydroxylation is 1. The lowest BCUT2D eigenvalue weighted by Gasteiger charge is -2.33. The van der Waals surface area contributed by atoms with Gasteiger partial charge in [-0.15, -0.1) is 0 Å². The van der Waals surface area contributed by atoms with Crippen molar-refractivity contribution in [3.8, 4) is 11.4 Å². The van der Waals surface area contributed by atoms with Gasteiger partial charge in [0.2, 0.25) is 10.0 Å². The molecule has 31 heavy (non-hydrogen) atoms. The van der Waals surface area contributed by atoms with E-state index in [-0.39, 0.29) is 54.1 Å². The molecule has 0 radical (unpaired) electrons. The third kappa shape index (κ3) is 4.04. The zero-order valence-electron chi connectivity index (χ0n) is 16.8. The number of amides is 1. The number of nitrogens with zero attached hydrogens (tertiary/aromatic N) is 4. The molecule has 4 rings (SSSR count). The first-order valence-electron chi connectivity index (χ1n) is 9.67. The number of halogens is 1. The molecular weight excluding hydrogens is 423 g/mol. The van der Waals surface area contributed by atoms with Gasteiger partial charge in [-0.05, 0) is 42.8 Å². The Labute approximate surface area is 179 Å². The van der Waals surface area contributed by atoms with Gasteiger partial charge in [0, 0.05) is 32.4 Å². The minimum atomic E-state index is -3.88. The first-order valence-corrected chi connectivity index (χ1v) is 11.1. The van der Waals surface area contributed by atoms with Crippen LogP contribution in [0, 0.1) is 12.7 Å². The summed E-state index contributed by atoms with van der Waals surface area (Å²) in [5.74, 6) is -1.11. The molecule has 1 amide bonds. The first kappa shape index (κ1) is 21.0. The molecule has 2 heterocycles. The highest BCUT2D eigenvalue weighted by Crippen LogP contribution is 2.27. The summed E-state index contributed by atoms with van der Waals surface area (Å²) in [7, 11) is -3.88. The second-order valence-electron chi connectivity index (χ2n) is 7.26. The van der Waals surface area contributed by atoms with Crippen LogP contribution in [0.15, 0.2) is 59.6 Å². The lowest BCUT2D eigenvalue weighted by Crippen LogP contribution is -2.50. The van der Waals surface area contributed by atoms with Gasteiger partial charge in [0.1, 0.15) is 22.1 Å². The van der Waals surface area contributed by atoms with Crippen LogP contribution in [0.3, 0.4) is 0 Å². The Hall–Kier alpha value is -3.24. The molecule has 0 atom stereocenters. The van der Waals surface area contributed by atoms with Crippen LogP contribution >= 0.6 is 0 Å². The van der Waals surface area contributed by atoms with E-state index in [1.165, 1.54) is 44.3 Å². The summed E-state index contributed by atoms with van der Waals surface area (Å²) in [6, 6.07) is 12.0. The number of phenols is 1. The van der Waals surface area contributed by atoms with E-state index in [9.17, 15) is 22.7 Å². The molecule has 3 aromatic rings. The summed E-state index contributed by atoms with van der Waals surface area (Å²) in [4.78, 5) is 14.2. The number of sulfonamides is 1. The summed E-state index contributed by atoms with van der Waals surface area (Å²) in [5, 5.41) is 14.2. The Kier molecular flexibility index (Phi) is 5.50. The van der Waals surface area contributed by atoms with Crippen molar-refractivity contribution in [3.05, 3.63) is 71.8 Å². The highest BCUT2D eigenvalue weighted by atomic mass is 32.2. The predicted octanol–water partition coefficient (Wildman–Crippen LogP) is 2.17. The fourth-order valence-corrected chi connectivity index (χ4v) is 5.06. The van der Waals surface area contributed by atoms with Crippen LogP contribution in [0.1, 0.15) is 16.1 Å². The Bertz CT molecular complexity index is 1230. The number of benzene rings is 2. The van der Waals surface area contributed by atoms with Gasteiger partial charge >= 0.3 is 0 Å². The van der Waals surface area contributed by atoms with Crippen molar-refractivity contribution in [3.63, 3.8) is 0 Å². The molecule has 1 aromatic heterocycles. The van der Waals surface area contributed by atoms with Crippen LogP contribution in [0.5, 0.6) is 5.75 Å². The molecule has 0 bridgehead atoms. The maximum Gasteiger partial charge on any atom is 0.274 e. The average Bonchev–Trinajstić information content (AvgIpc) is 3.25. The van der Waals surface area contributed by atoms with Crippen molar-refractivity contribution in [2.75, 3.05) is 26.2 Å². The summed E-state index contributed by atoms with van der Waals surface area (Å²) in [5.41, 5.74) is 1.10. The highest BCUT2D eigenvalue weighted by Gasteiger charge is 2.32. The fourth-order valence-electron chi connectivity index (χ4n) is 3.47. The molecule has 1 aliphatic heterocycles. The maximum absolute atomic E-state index is 14.0. The van der Waals surface area contributed by atoms with Gasteiger partial charge in [-0.3, -0.25) is 4.79 Å². The van der Waals surface area contributed by atoms with Crippen LogP contribution < -0.4 is 0 Å². The first-order chi connectivity index (χ1) is 14.8. The normalized spacial score (nSPS) is 15.2. The van der Waals surface area contributed by atoms with E-state index in [2.05, 4.69) is 5.10 Å². The van der Waals surface area contributed by atoms with Crippen molar-refractivity contribution in [1.82, 2.24) is 19.0 Å². The molecule has 0 aliphatic carbocycles. The van der Waals surface area contributed by atoms with Crippen LogP contribution in [-0.4, -0.2) is 64.6 Å². The van der Waals surface area contributed by atoms with Crippen molar-refractivity contribution in [2.45, 2.75) is 11.8 Å². The zero-order valence-corrected chi connectivity index (χ0v) is 17.6. The molecule has 162 valence electrons. The van der Waals surface area contributed by atoms with Crippen molar-refractivity contribution < 1.29 is 22.7 Å². The zero-order chi connectivity index (χ0) is 22.2. The van der Waals surface area contributed by atoms with E-state index in [1.54, 1.807) is 31.2 Å². The summed E-state index contributed by atoms with van der Waals surface area (Å²) in [6.07, 6.45) is 1.51. The molecule has 0 unspecified atom stereocenters. The topological polar surface area (TPSA) is 95.7 Å². The van der Waals surface area contributed by atoms with Gasteiger partial charge < -0.3 is 10.0 Å². The van der Waals surface area contributed by atoms with E-state index in [0.29, 0.717) is 0 Å². The van der Waals surface area contributed by atoms with Gasteiger partial charge in [-0.1, -0.05) is 18.2 Å². The van der Waals surface area contributed by atoms with Crippen LogP contribution in [0.4, 0.5) is 4.39 Å². The van der Waals surface area contributed by atoms with E-state index < -0.39 is 15.8 Å². The Morgan fingerprint density at radius 2 is 1.77 bits per heavy atom. The molecular formula is C21H21FN4O4S. The number of aromatic nitrogens is 2. The average molecular weight is 444 g/mol. The predicted molar refractivity (Wildman–Crippen MR) is 111 cm³/mol. The standard InChI is InChI=1S/C21H21FN4O4S/c1-15-6-7-19(27)20(14-15)31(29,30)25-12-10-24(11-13-25)21(28)17-8-9-26(23-17)18-5-3-2-4-16(18)22/h2-9,14,27H,10-13H2,1H3. The smallest absolute Gasteiger partial charge is 0.274 e. The van der Waals surface area contributed by atoms with Crippen molar-refractivity contribution in [1.29, 1.82) is 0 Å². The molecule has 1 N–H and O–H groups in total. The lowest BCUT2D eigenvalue weighted by atomic mass is 10.2. The second kappa shape index (κ2) is 8.12. The van der Waals surface area contributed by atoms with Crippen LogP contribution in [0.2, 0.25) is 0 Å². The fraction of sp³-hybridized carbons (Fsp3) is 0.238. The summed E-state index contributed by atoms with van der Waals surface area (Å²) < 4.78 is 42.3. The van der Waals surface area contributed by atoms with Crippen molar-refractivity contribution in [2.24, 2.45) is 0 Å². The molecule has 0 saturated carbocycles. The monoisotopic (exact) mass is 444 g/mol. The number of aromatic hydroxyl groups is 1. The van der Waals surface area contributed by atoms with E-state index in [0.717, 1.165) is 5.56 Å². The van der Waals surface area contributed by atoms with Gasteiger partial charge in [0.05, 0.1) is 0 Å². The number of carbonyl (C=O) groups excluding carboxylic acids is 1. The molecule has 1 saturated heterocycles. The number of hydrogen-bond acceptors (Lipinski definition) is 5. The minimum Gasteiger partial charge on any atom is -0.507 e. The van der Waals surface area contributed by atoms with Crippen LogP contribution in [-0.2, 0) is 10.0 Å². The number of rotatable bonds is 4. The Morgan fingerprint density at radius 1 is 1.06 bits per heavy atom. The molecule has 10 heteroatoms. The number of piperazine rings is 1. The SMILES string of the molecule is Cc1ccc(O)c(S(=O)(=O)N2CCN(C(=O)c3ccn(-c4ccccc4F)n3)CC2)c1. The second-order valence-corrected chi connectivity index (χ2v) is 9.17. The van der Waals surface area contributed by atoms with Crippen LogP contribution in [0.25, 0.3) is 5.69 Å². The highest BCUT2D eigenvalue weighted by molar-refractivity contribution is 7.89. The van der Waals surface area contributed by atoms with E-state index in [1.807, 2.05) is 0 Å². The van der Waals surface area contributed by atoms with Gasteiger partial charge in [0.25, 0.3) is 5.91 Å². The molecule has 1 aliphatic rings. The minimum absolute atomic E-state index is 0.0927.